The minimum atomic E-state index is -0.440. The number of aryl methyl sites for hydroxylation is 2. The van der Waals surface area contributed by atoms with Crippen LogP contribution >= 0.6 is 34.4 Å². The summed E-state index contributed by atoms with van der Waals surface area (Å²) in [5, 5.41) is 24.8. The first kappa shape index (κ1) is 29.5. The molecule has 2 heterocycles. The summed E-state index contributed by atoms with van der Waals surface area (Å²) in [7, 11) is 0. The molecule has 2 aromatic rings. The van der Waals surface area contributed by atoms with Crippen molar-refractivity contribution in [2.24, 2.45) is 11.8 Å². The topological polar surface area (TPSA) is 128 Å². The summed E-state index contributed by atoms with van der Waals surface area (Å²) < 4.78 is 11.2. The molecule has 3 saturated carbocycles. The highest BCUT2D eigenvalue weighted by molar-refractivity contribution is 7.99. The number of rotatable bonds is 11. The fourth-order valence-electron chi connectivity index (χ4n) is 6.06. The molecule has 2 N–H and O–H groups in total. The number of carbonyl (C=O) groups is 2. The third kappa shape index (κ3) is 9.27. The molecule has 40 heavy (non-hydrogen) atoms. The Labute approximate surface area is 248 Å². The third-order valence-electron chi connectivity index (χ3n) is 8.16. The quantitative estimate of drug-likeness (QED) is 0.257. The molecule has 0 spiro atoms. The van der Waals surface area contributed by atoms with Crippen molar-refractivity contribution in [2.75, 3.05) is 22.1 Å². The van der Waals surface area contributed by atoms with E-state index in [0.29, 0.717) is 10.3 Å². The molecular weight excluding hydrogens is 569 g/mol. The number of carbonyl (C=O) groups excluding carboxylic acids is 2. The van der Waals surface area contributed by atoms with Crippen molar-refractivity contribution in [3.8, 4) is 0 Å². The molecule has 3 aliphatic rings. The average molecular weight is 609 g/mol. The van der Waals surface area contributed by atoms with Crippen LogP contribution in [-0.4, -0.2) is 56.3 Å². The number of anilines is 2. The van der Waals surface area contributed by atoms with E-state index in [1.165, 1.54) is 67.6 Å². The Bertz CT molecular complexity index is 1080. The van der Waals surface area contributed by atoms with Crippen molar-refractivity contribution in [3.05, 3.63) is 10.0 Å². The standard InChI is InChI=1S/C27H40N6O4S3/c34-26(36-20-8-2-1-3-9-20)28-24-32-30-22(39-24)14-16-38-17-15-23-31-33-25(40-23)29-27(35)37-21-12-10-19(11-13-21)18-6-4-5-7-18/h18-21H,1-17H2,(H,28,32,34)(H,29,33,35). The van der Waals surface area contributed by atoms with Gasteiger partial charge in [0.1, 0.15) is 22.2 Å². The molecule has 0 radical (unpaired) electrons. The molecule has 13 heteroatoms. The zero-order valence-corrected chi connectivity index (χ0v) is 25.4. The number of hydrogen-bond acceptors (Lipinski definition) is 11. The van der Waals surface area contributed by atoms with Crippen LogP contribution in [0.15, 0.2) is 0 Å². The predicted molar refractivity (Wildman–Crippen MR) is 159 cm³/mol. The van der Waals surface area contributed by atoms with Gasteiger partial charge in [0.05, 0.1) is 0 Å². The molecular formula is C27H40N6O4S3. The molecule has 0 aromatic carbocycles. The van der Waals surface area contributed by atoms with E-state index in [-0.39, 0.29) is 12.2 Å². The Morgan fingerprint density at radius 3 is 1.68 bits per heavy atom. The Morgan fingerprint density at radius 1 is 0.650 bits per heavy atom. The highest BCUT2D eigenvalue weighted by atomic mass is 32.2. The van der Waals surface area contributed by atoms with Crippen LogP contribution in [0.5, 0.6) is 0 Å². The van der Waals surface area contributed by atoms with Gasteiger partial charge < -0.3 is 9.47 Å². The van der Waals surface area contributed by atoms with Crippen LogP contribution in [0.4, 0.5) is 19.9 Å². The molecule has 2 aromatic heterocycles. The second-order valence-electron chi connectivity index (χ2n) is 11.0. The molecule has 0 saturated heterocycles. The first-order valence-corrected chi connectivity index (χ1v) is 17.6. The lowest BCUT2D eigenvalue weighted by Crippen LogP contribution is -2.28. The van der Waals surface area contributed by atoms with E-state index in [1.807, 2.05) is 0 Å². The van der Waals surface area contributed by atoms with Crippen LogP contribution < -0.4 is 10.6 Å². The van der Waals surface area contributed by atoms with Gasteiger partial charge in [0.25, 0.3) is 0 Å². The minimum Gasteiger partial charge on any atom is -0.446 e. The van der Waals surface area contributed by atoms with Crippen molar-refractivity contribution in [1.82, 2.24) is 20.4 Å². The van der Waals surface area contributed by atoms with Crippen molar-refractivity contribution < 1.29 is 19.1 Å². The van der Waals surface area contributed by atoms with Crippen molar-refractivity contribution in [1.29, 1.82) is 0 Å². The lowest BCUT2D eigenvalue weighted by atomic mass is 9.78. The van der Waals surface area contributed by atoms with Gasteiger partial charge in [-0.25, -0.2) is 9.59 Å². The van der Waals surface area contributed by atoms with Crippen LogP contribution in [0, 0.1) is 11.8 Å². The Hall–Kier alpha value is -1.99. The molecule has 0 bridgehead atoms. The van der Waals surface area contributed by atoms with Crippen molar-refractivity contribution in [2.45, 2.75) is 109 Å². The van der Waals surface area contributed by atoms with Crippen LogP contribution in [0.25, 0.3) is 0 Å². The minimum absolute atomic E-state index is 0.0108. The fraction of sp³-hybridized carbons (Fsp3) is 0.778. The first-order chi connectivity index (χ1) is 19.6. The maximum atomic E-state index is 12.4. The van der Waals surface area contributed by atoms with E-state index in [0.717, 1.165) is 84.7 Å². The smallest absolute Gasteiger partial charge is 0.413 e. The zero-order valence-electron chi connectivity index (χ0n) is 23.0. The number of nitrogens with zero attached hydrogens (tertiary/aromatic N) is 4. The molecule has 0 atom stereocenters. The van der Waals surface area contributed by atoms with Crippen molar-refractivity contribution in [3.63, 3.8) is 0 Å². The van der Waals surface area contributed by atoms with Gasteiger partial charge in [0, 0.05) is 12.8 Å². The molecule has 3 fully saturated rings. The SMILES string of the molecule is O=C(Nc1nnc(CCSCCc2nnc(NC(=O)OC3CCC(C4CCCC4)CC3)s2)s1)OC1CCCCC1. The first-order valence-electron chi connectivity index (χ1n) is 14.8. The summed E-state index contributed by atoms with van der Waals surface area (Å²) >= 11 is 4.58. The van der Waals surface area contributed by atoms with Gasteiger partial charge in [-0.3, -0.25) is 10.6 Å². The molecule has 220 valence electrons. The van der Waals surface area contributed by atoms with Gasteiger partial charge in [-0.2, -0.15) is 11.8 Å². The second kappa shape index (κ2) is 15.3. The van der Waals surface area contributed by atoms with Crippen molar-refractivity contribution >= 4 is 56.9 Å². The maximum Gasteiger partial charge on any atom is 0.413 e. The van der Waals surface area contributed by atoms with Gasteiger partial charge in [0.15, 0.2) is 0 Å². The number of aromatic nitrogens is 4. The highest BCUT2D eigenvalue weighted by Crippen LogP contribution is 2.40. The van der Waals surface area contributed by atoms with Crippen LogP contribution in [0.3, 0.4) is 0 Å². The molecule has 3 aliphatic carbocycles. The summed E-state index contributed by atoms with van der Waals surface area (Å²) in [5.74, 6) is 3.50. The number of thioether (sulfide) groups is 1. The number of ether oxygens (including phenoxy) is 2. The predicted octanol–water partition coefficient (Wildman–Crippen LogP) is 7.09. The average Bonchev–Trinajstić information content (AvgIpc) is 3.73. The Morgan fingerprint density at radius 2 is 1.12 bits per heavy atom. The summed E-state index contributed by atoms with van der Waals surface area (Å²) in [6.45, 7) is 0. The largest absolute Gasteiger partial charge is 0.446 e. The summed E-state index contributed by atoms with van der Waals surface area (Å²) in [6.07, 6.45) is 15.9. The van der Waals surface area contributed by atoms with Gasteiger partial charge >= 0.3 is 12.2 Å². The van der Waals surface area contributed by atoms with E-state index in [9.17, 15) is 9.59 Å². The van der Waals surface area contributed by atoms with E-state index in [1.54, 1.807) is 11.8 Å². The monoisotopic (exact) mass is 608 g/mol. The normalized spacial score (nSPS) is 22.2. The third-order valence-corrected chi connectivity index (χ3v) is 10.9. The molecule has 10 nitrogen and oxygen atoms in total. The Balaban J connectivity index is 0.923. The summed E-state index contributed by atoms with van der Waals surface area (Å²) in [4.78, 5) is 24.5. The van der Waals surface area contributed by atoms with E-state index in [2.05, 4.69) is 31.0 Å². The fourth-order valence-corrected chi connectivity index (χ4v) is 8.65. The summed E-state index contributed by atoms with van der Waals surface area (Å²) in [6, 6.07) is 0. The van der Waals surface area contributed by atoms with E-state index in [4.69, 9.17) is 9.47 Å². The van der Waals surface area contributed by atoms with E-state index >= 15 is 0 Å². The molecule has 0 unspecified atom stereocenters. The number of hydrogen-bond donors (Lipinski definition) is 2. The lowest BCUT2D eigenvalue weighted by molar-refractivity contribution is 0.0647. The molecule has 0 aliphatic heterocycles. The van der Waals surface area contributed by atoms with E-state index < -0.39 is 12.2 Å². The van der Waals surface area contributed by atoms with Crippen LogP contribution in [-0.2, 0) is 22.3 Å². The van der Waals surface area contributed by atoms with Gasteiger partial charge in [0.2, 0.25) is 10.3 Å². The Kier molecular flexibility index (Phi) is 11.3. The van der Waals surface area contributed by atoms with Gasteiger partial charge in [-0.15, -0.1) is 20.4 Å². The maximum absolute atomic E-state index is 12.4. The van der Waals surface area contributed by atoms with Crippen LogP contribution in [0.1, 0.15) is 93.5 Å². The summed E-state index contributed by atoms with van der Waals surface area (Å²) in [5.41, 5.74) is 0. The highest BCUT2D eigenvalue weighted by Gasteiger charge is 2.31. The zero-order chi connectivity index (χ0) is 27.6. The molecule has 2 amide bonds. The number of amides is 2. The van der Waals surface area contributed by atoms with Gasteiger partial charge in [-0.05, 0) is 74.7 Å². The number of nitrogens with one attached hydrogen (secondary N) is 2. The van der Waals surface area contributed by atoms with Crippen LogP contribution in [0.2, 0.25) is 0 Å². The lowest BCUT2D eigenvalue weighted by Gasteiger charge is -2.31. The van der Waals surface area contributed by atoms with Gasteiger partial charge in [-0.1, -0.05) is 54.8 Å². The second-order valence-corrected chi connectivity index (χ2v) is 14.4. The molecule has 5 rings (SSSR count).